The molecule has 29 heavy (non-hydrogen) atoms. The summed E-state index contributed by atoms with van der Waals surface area (Å²) in [6.45, 7) is 4.79. The van der Waals surface area contributed by atoms with Gasteiger partial charge in [-0.2, -0.15) is 25.7 Å². The van der Waals surface area contributed by atoms with E-state index in [0.717, 1.165) is 35.5 Å². The summed E-state index contributed by atoms with van der Waals surface area (Å²) in [5.74, 6) is 6.39. The van der Waals surface area contributed by atoms with Crippen molar-refractivity contribution in [2.45, 2.75) is 129 Å². The van der Waals surface area contributed by atoms with Gasteiger partial charge in [0.1, 0.15) is 0 Å². The van der Waals surface area contributed by atoms with E-state index in [4.69, 9.17) is 0 Å². The van der Waals surface area contributed by atoms with E-state index in [1.165, 1.54) is 64.2 Å². The first-order valence-corrected chi connectivity index (χ1v) is 13.3. The molecular formula is C28H50Li-. The quantitative estimate of drug-likeness (QED) is 0.394. The second kappa shape index (κ2) is 14.6. The van der Waals surface area contributed by atoms with Gasteiger partial charge in [0.05, 0.1) is 0 Å². The SMILES string of the molecule is CC1CCC(CC2CCC(CC3CC[CH-]CC3)CC2)CC1.CC1CC[CH-]CC1.[Li+]. The van der Waals surface area contributed by atoms with Crippen LogP contribution in [0.4, 0.5) is 0 Å². The van der Waals surface area contributed by atoms with Crippen molar-refractivity contribution in [3.8, 4) is 0 Å². The second-order valence-electron chi connectivity index (χ2n) is 11.3. The molecule has 0 radical (unpaired) electrons. The van der Waals surface area contributed by atoms with Crippen LogP contribution in [0.25, 0.3) is 0 Å². The van der Waals surface area contributed by atoms with Gasteiger partial charge in [-0.1, -0.05) is 90.9 Å². The minimum Gasteiger partial charge on any atom is -0.328 e. The van der Waals surface area contributed by atoms with Crippen LogP contribution in [-0.2, 0) is 0 Å². The Morgan fingerprint density at radius 1 is 0.448 bits per heavy atom. The Labute approximate surface area is 196 Å². The minimum absolute atomic E-state index is 0. The van der Waals surface area contributed by atoms with Gasteiger partial charge in [-0.3, -0.25) is 0 Å². The van der Waals surface area contributed by atoms with Gasteiger partial charge in [-0.25, -0.2) is 0 Å². The van der Waals surface area contributed by atoms with Gasteiger partial charge in [0.15, 0.2) is 0 Å². The fraction of sp³-hybridized carbons (Fsp3) is 0.929. The van der Waals surface area contributed by atoms with Crippen molar-refractivity contribution in [3.05, 3.63) is 12.8 Å². The first-order chi connectivity index (χ1) is 13.7. The maximum Gasteiger partial charge on any atom is 1.00 e. The van der Waals surface area contributed by atoms with Crippen molar-refractivity contribution in [3.63, 3.8) is 0 Å². The van der Waals surface area contributed by atoms with Crippen LogP contribution >= 0.6 is 0 Å². The Morgan fingerprint density at radius 3 is 1.14 bits per heavy atom. The zero-order valence-corrected chi connectivity index (χ0v) is 20.3. The largest absolute Gasteiger partial charge is 1.00 e. The van der Waals surface area contributed by atoms with Crippen LogP contribution in [0.1, 0.15) is 129 Å². The molecule has 0 aromatic carbocycles. The molecule has 164 valence electrons. The van der Waals surface area contributed by atoms with E-state index in [2.05, 4.69) is 26.7 Å². The minimum atomic E-state index is 0. The molecule has 4 fully saturated rings. The first kappa shape index (κ1) is 25.9. The van der Waals surface area contributed by atoms with E-state index in [9.17, 15) is 0 Å². The number of rotatable bonds is 4. The average molecular weight is 394 g/mol. The summed E-state index contributed by atoms with van der Waals surface area (Å²) in [6.07, 6.45) is 31.8. The summed E-state index contributed by atoms with van der Waals surface area (Å²) in [4.78, 5) is 0. The summed E-state index contributed by atoms with van der Waals surface area (Å²) >= 11 is 0. The van der Waals surface area contributed by atoms with Gasteiger partial charge < -0.3 is 12.8 Å². The van der Waals surface area contributed by atoms with Crippen molar-refractivity contribution in [2.24, 2.45) is 35.5 Å². The molecule has 0 unspecified atom stereocenters. The van der Waals surface area contributed by atoms with Crippen LogP contribution < -0.4 is 18.9 Å². The molecule has 4 rings (SSSR count). The second-order valence-corrected chi connectivity index (χ2v) is 11.3. The van der Waals surface area contributed by atoms with Crippen molar-refractivity contribution >= 4 is 0 Å². The normalized spacial score (nSPS) is 34.6. The zero-order valence-electron chi connectivity index (χ0n) is 20.3. The van der Waals surface area contributed by atoms with Crippen molar-refractivity contribution in [1.82, 2.24) is 0 Å². The van der Waals surface area contributed by atoms with Gasteiger partial charge in [0.25, 0.3) is 0 Å². The van der Waals surface area contributed by atoms with Crippen LogP contribution in [0.5, 0.6) is 0 Å². The van der Waals surface area contributed by atoms with Gasteiger partial charge >= 0.3 is 18.9 Å². The molecule has 0 bridgehead atoms. The monoisotopic (exact) mass is 393 g/mol. The Bertz CT molecular complexity index is 377. The number of hydrogen-bond acceptors (Lipinski definition) is 0. The molecule has 0 atom stereocenters. The molecule has 0 aromatic heterocycles. The summed E-state index contributed by atoms with van der Waals surface area (Å²) < 4.78 is 0. The Hall–Kier alpha value is 0.597. The van der Waals surface area contributed by atoms with Crippen molar-refractivity contribution < 1.29 is 18.9 Å². The predicted molar refractivity (Wildman–Crippen MR) is 124 cm³/mol. The summed E-state index contributed by atoms with van der Waals surface area (Å²) in [7, 11) is 0. The van der Waals surface area contributed by atoms with Gasteiger partial charge in [0, 0.05) is 0 Å². The number of hydrogen-bond donors (Lipinski definition) is 0. The van der Waals surface area contributed by atoms with E-state index in [1.807, 2.05) is 0 Å². The van der Waals surface area contributed by atoms with Crippen molar-refractivity contribution in [2.75, 3.05) is 0 Å². The molecule has 1 heteroatoms. The molecule has 0 N–H and O–H groups in total. The topological polar surface area (TPSA) is 0 Å². The zero-order chi connectivity index (χ0) is 19.6. The van der Waals surface area contributed by atoms with E-state index in [-0.39, 0.29) is 18.9 Å². The fourth-order valence-corrected chi connectivity index (χ4v) is 6.54. The first-order valence-electron chi connectivity index (χ1n) is 13.3. The van der Waals surface area contributed by atoms with E-state index in [0.29, 0.717) is 0 Å². The van der Waals surface area contributed by atoms with Crippen molar-refractivity contribution in [1.29, 1.82) is 0 Å². The third-order valence-corrected chi connectivity index (χ3v) is 8.72. The summed E-state index contributed by atoms with van der Waals surface area (Å²) in [6, 6.07) is 0. The molecule has 0 aromatic rings. The van der Waals surface area contributed by atoms with Crippen LogP contribution in [0.2, 0.25) is 0 Å². The molecule has 0 spiro atoms. The Kier molecular flexibility index (Phi) is 13.0. The molecule has 4 aliphatic rings. The molecule has 0 heterocycles. The standard InChI is InChI=1S/C21H37.C7H13.Li/c1-17-7-9-19(10-8-17)16-21-13-11-20(12-14-21)15-18-5-3-2-4-6-18;1-7-5-3-2-4-6-7;/h2,17-21H,3-16H2,1H3;2,7H,3-6H2,1H3;/q2*-1;+1. The fourth-order valence-electron chi connectivity index (χ4n) is 6.54. The van der Waals surface area contributed by atoms with Gasteiger partial charge in [0.2, 0.25) is 0 Å². The van der Waals surface area contributed by atoms with Crippen LogP contribution in [0.3, 0.4) is 0 Å². The third-order valence-electron chi connectivity index (χ3n) is 8.72. The molecule has 4 saturated carbocycles. The smallest absolute Gasteiger partial charge is 0.328 e. The van der Waals surface area contributed by atoms with Crippen LogP contribution in [0, 0.1) is 48.3 Å². The van der Waals surface area contributed by atoms with E-state index in [1.54, 1.807) is 51.4 Å². The van der Waals surface area contributed by atoms with E-state index >= 15 is 0 Å². The predicted octanol–water partition coefficient (Wildman–Crippen LogP) is 6.20. The Morgan fingerprint density at radius 2 is 0.759 bits per heavy atom. The molecule has 0 nitrogen and oxygen atoms in total. The maximum absolute atomic E-state index is 2.51. The maximum atomic E-state index is 2.51. The van der Waals surface area contributed by atoms with Gasteiger partial charge in [-0.05, 0) is 48.3 Å². The van der Waals surface area contributed by atoms with Crippen LogP contribution in [-0.4, -0.2) is 0 Å². The molecule has 0 saturated heterocycles. The Balaban J connectivity index is 0.000000319. The van der Waals surface area contributed by atoms with Gasteiger partial charge in [-0.15, -0.1) is 0 Å². The molecular weight excluding hydrogens is 343 g/mol. The molecule has 0 amide bonds. The third kappa shape index (κ3) is 10.2. The van der Waals surface area contributed by atoms with E-state index < -0.39 is 0 Å². The molecule has 4 aliphatic carbocycles. The van der Waals surface area contributed by atoms with Crippen LogP contribution in [0.15, 0.2) is 0 Å². The summed E-state index contributed by atoms with van der Waals surface area (Å²) in [5.41, 5.74) is 0. The average Bonchev–Trinajstić information content (AvgIpc) is 2.73. The molecule has 0 aliphatic heterocycles. The summed E-state index contributed by atoms with van der Waals surface area (Å²) in [5, 5.41) is 0.